The molecule has 0 aromatic carbocycles. The van der Waals surface area contributed by atoms with Crippen LogP contribution < -0.4 is 5.32 Å². The van der Waals surface area contributed by atoms with Crippen LogP contribution in [0.25, 0.3) is 0 Å². The van der Waals surface area contributed by atoms with Gasteiger partial charge in [0.2, 0.25) is 0 Å². The molecule has 0 aliphatic carbocycles. The first-order chi connectivity index (χ1) is 9.81. The highest BCUT2D eigenvalue weighted by Gasteiger charge is 2.27. The van der Waals surface area contributed by atoms with Crippen molar-refractivity contribution in [1.82, 2.24) is 9.97 Å². The second kappa shape index (κ2) is 5.44. The molecule has 0 saturated heterocycles. The van der Waals surface area contributed by atoms with Crippen LogP contribution in [0.1, 0.15) is 29.2 Å². The number of aromatic carboxylic acids is 1. The first-order valence-electron chi connectivity index (χ1n) is 5.87. The Hall–Kier alpha value is -2.55. The van der Waals surface area contributed by atoms with Crippen molar-refractivity contribution in [2.24, 2.45) is 0 Å². The van der Waals surface area contributed by atoms with Crippen molar-refractivity contribution in [3.63, 3.8) is 0 Å². The molecule has 0 radical (unpaired) electrons. The van der Waals surface area contributed by atoms with Crippen molar-refractivity contribution in [2.75, 3.05) is 5.32 Å². The maximum Gasteiger partial charge on any atom is 0.339 e. The third kappa shape index (κ3) is 3.14. The molecule has 2 aromatic heterocycles. The summed E-state index contributed by atoms with van der Waals surface area (Å²) in [5.74, 6) is -1.23. The molecule has 2 aromatic rings. The molecule has 0 spiro atoms. The van der Waals surface area contributed by atoms with Crippen molar-refractivity contribution in [1.29, 1.82) is 0 Å². The third-order valence-corrected chi connectivity index (χ3v) is 3.81. The van der Waals surface area contributed by atoms with Gasteiger partial charge in [-0.1, -0.05) is 0 Å². The van der Waals surface area contributed by atoms with Crippen molar-refractivity contribution in [2.45, 2.75) is 19.4 Å². The summed E-state index contributed by atoms with van der Waals surface area (Å²) in [4.78, 5) is 29.3. The summed E-state index contributed by atoms with van der Waals surface area (Å²) in [6, 6.07) is 0.982. The number of thiazole rings is 1. The lowest BCUT2D eigenvalue weighted by Crippen LogP contribution is -2.29. The number of aromatic nitrogens is 2. The molecule has 2 rings (SSSR count). The molecule has 0 saturated carbocycles. The molecule has 2 heterocycles. The number of hydrogen-bond donors (Lipinski definition) is 2. The Balaban J connectivity index is 2.40. The van der Waals surface area contributed by atoms with E-state index in [2.05, 4.69) is 15.3 Å². The van der Waals surface area contributed by atoms with Gasteiger partial charge in [0.05, 0.1) is 10.5 Å². The van der Waals surface area contributed by atoms with Gasteiger partial charge in [-0.15, -0.1) is 11.3 Å². The summed E-state index contributed by atoms with van der Waals surface area (Å²) in [6.45, 7) is 3.64. The first kappa shape index (κ1) is 14.9. The monoisotopic (exact) mass is 308 g/mol. The van der Waals surface area contributed by atoms with Crippen molar-refractivity contribution >= 4 is 28.8 Å². The van der Waals surface area contributed by atoms with Gasteiger partial charge in [-0.2, -0.15) is 0 Å². The standard InChI is InChI=1S/C12H12N4O4S/c1-12(2,11-13-3-4-21-11)15-9-8(10(17)18)5-7(6-14-9)16(19)20/h3-6H,1-2H3,(H,14,15)(H,17,18). The predicted octanol–water partition coefficient (Wildman–Crippen LogP) is 2.49. The maximum absolute atomic E-state index is 11.3. The Morgan fingerprint density at radius 1 is 1.48 bits per heavy atom. The van der Waals surface area contributed by atoms with Gasteiger partial charge >= 0.3 is 5.97 Å². The van der Waals surface area contributed by atoms with Gasteiger partial charge in [0.1, 0.15) is 22.6 Å². The molecule has 0 bridgehead atoms. The molecule has 0 aliphatic rings. The van der Waals surface area contributed by atoms with Crippen LogP contribution in [0.4, 0.5) is 11.5 Å². The quantitative estimate of drug-likeness (QED) is 0.643. The highest BCUT2D eigenvalue weighted by Crippen LogP contribution is 2.29. The van der Waals surface area contributed by atoms with Gasteiger partial charge in [-0.05, 0) is 13.8 Å². The van der Waals surface area contributed by atoms with Crippen LogP contribution in [0.3, 0.4) is 0 Å². The number of carboxylic acid groups (broad SMARTS) is 1. The van der Waals surface area contributed by atoms with E-state index >= 15 is 0 Å². The lowest BCUT2D eigenvalue weighted by molar-refractivity contribution is -0.385. The number of nitro groups is 1. The zero-order valence-corrected chi connectivity index (χ0v) is 12.0. The number of carboxylic acids is 1. The fourth-order valence-electron chi connectivity index (χ4n) is 1.70. The van der Waals surface area contributed by atoms with E-state index in [1.54, 1.807) is 11.6 Å². The Bertz CT molecular complexity index is 685. The molecular weight excluding hydrogens is 296 g/mol. The minimum absolute atomic E-state index is 0.0632. The minimum atomic E-state index is -1.29. The number of hydrogen-bond acceptors (Lipinski definition) is 7. The van der Waals surface area contributed by atoms with E-state index in [-0.39, 0.29) is 17.1 Å². The third-order valence-electron chi connectivity index (χ3n) is 2.71. The zero-order valence-electron chi connectivity index (χ0n) is 11.2. The molecule has 0 amide bonds. The van der Waals surface area contributed by atoms with Crippen LogP contribution >= 0.6 is 11.3 Å². The van der Waals surface area contributed by atoms with Gasteiger partial charge in [0.15, 0.2) is 0 Å². The second-order valence-corrected chi connectivity index (χ2v) is 5.63. The van der Waals surface area contributed by atoms with Gasteiger partial charge in [0, 0.05) is 17.6 Å². The van der Waals surface area contributed by atoms with Crippen LogP contribution in [0.15, 0.2) is 23.8 Å². The summed E-state index contributed by atoms with van der Waals surface area (Å²) < 4.78 is 0. The topological polar surface area (TPSA) is 118 Å². The SMILES string of the molecule is CC(C)(Nc1ncc([N+](=O)[O-])cc1C(=O)O)c1nccs1. The van der Waals surface area contributed by atoms with E-state index in [0.717, 1.165) is 17.3 Å². The number of anilines is 1. The van der Waals surface area contributed by atoms with Gasteiger partial charge in [0.25, 0.3) is 5.69 Å². The van der Waals surface area contributed by atoms with Crippen LogP contribution in [-0.2, 0) is 5.54 Å². The summed E-state index contributed by atoms with van der Waals surface area (Å²) in [5, 5.41) is 25.4. The van der Waals surface area contributed by atoms with Crippen LogP contribution in [0, 0.1) is 10.1 Å². The molecule has 2 N–H and O–H groups in total. The average molecular weight is 308 g/mol. The smallest absolute Gasteiger partial charge is 0.339 e. The number of nitrogens with zero attached hydrogens (tertiary/aromatic N) is 3. The van der Waals surface area contributed by atoms with E-state index in [4.69, 9.17) is 0 Å². The van der Waals surface area contributed by atoms with Gasteiger partial charge < -0.3 is 10.4 Å². The molecule has 21 heavy (non-hydrogen) atoms. The number of nitrogens with one attached hydrogen (secondary N) is 1. The zero-order chi connectivity index (χ0) is 15.6. The van der Waals surface area contributed by atoms with Crippen LogP contribution in [-0.4, -0.2) is 26.0 Å². The molecule has 0 fully saturated rings. The summed E-state index contributed by atoms with van der Waals surface area (Å²) >= 11 is 1.41. The normalized spacial score (nSPS) is 11.1. The highest BCUT2D eigenvalue weighted by atomic mass is 32.1. The van der Waals surface area contributed by atoms with Crippen LogP contribution in [0.5, 0.6) is 0 Å². The fourth-order valence-corrected chi connectivity index (χ4v) is 2.42. The fraction of sp³-hybridized carbons (Fsp3) is 0.250. The molecule has 110 valence electrons. The van der Waals surface area contributed by atoms with Crippen LogP contribution in [0.2, 0.25) is 0 Å². The van der Waals surface area contributed by atoms with E-state index in [1.807, 2.05) is 13.8 Å². The molecule has 8 nitrogen and oxygen atoms in total. The van der Waals surface area contributed by atoms with E-state index in [9.17, 15) is 20.0 Å². The Morgan fingerprint density at radius 2 is 2.19 bits per heavy atom. The highest BCUT2D eigenvalue weighted by molar-refractivity contribution is 7.09. The van der Waals surface area contributed by atoms with Gasteiger partial charge in [-0.3, -0.25) is 10.1 Å². The van der Waals surface area contributed by atoms with E-state index in [0.29, 0.717) is 0 Å². The molecule has 0 unspecified atom stereocenters. The first-order valence-corrected chi connectivity index (χ1v) is 6.75. The van der Waals surface area contributed by atoms with Crippen molar-refractivity contribution in [3.05, 3.63) is 44.5 Å². The Labute approximate surface area is 123 Å². The Kier molecular flexibility index (Phi) is 3.85. The van der Waals surface area contributed by atoms with Crippen molar-refractivity contribution < 1.29 is 14.8 Å². The van der Waals surface area contributed by atoms with E-state index in [1.165, 1.54) is 11.3 Å². The largest absolute Gasteiger partial charge is 0.478 e. The predicted molar refractivity (Wildman–Crippen MR) is 76.6 cm³/mol. The number of rotatable bonds is 5. The maximum atomic E-state index is 11.3. The van der Waals surface area contributed by atoms with Gasteiger partial charge in [-0.25, -0.2) is 14.8 Å². The lowest BCUT2D eigenvalue weighted by Gasteiger charge is -2.25. The summed E-state index contributed by atoms with van der Waals surface area (Å²) in [7, 11) is 0. The van der Waals surface area contributed by atoms with E-state index < -0.39 is 16.4 Å². The van der Waals surface area contributed by atoms with Crippen molar-refractivity contribution in [3.8, 4) is 0 Å². The summed E-state index contributed by atoms with van der Waals surface area (Å²) in [6.07, 6.45) is 2.66. The second-order valence-electron chi connectivity index (χ2n) is 4.74. The Morgan fingerprint density at radius 3 is 2.71 bits per heavy atom. The minimum Gasteiger partial charge on any atom is -0.478 e. The lowest BCUT2D eigenvalue weighted by atomic mass is 10.1. The number of pyridine rings is 1. The molecule has 0 aliphatic heterocycles. The molecule has 0 atom stereocenters. The number of carbonyl (C=O) groups is 1. The average Bonchev–Trinajstić information content (AvgIpc) is 2.92. The summed E-state index contributed by atoms with van der Waals surface area (Å²) in [5.41, 5.74) is -1.28. The molecular formula is C12H12N4O4S. The molecule has 9 heteroatoms.